The summed E-state index contributed by atoms with van der Waals surface area (Å²) in [5.41, 5.74) is 0.110. The predicted octanol–water partition coefficient (Wildman–Crippen LogP) is 4.49. The van der Waals surface area contributed by atoms with Crippen LogP contribution in [0.1, 0.15) is 5.56 Å². The molecule has 0 saturated heterocycles. The second-order valence-corrected chi connectivity index (χ2v) is 6.96. The van der Waals surface area contributed by atoms with Gasteiger partial charge < -0.3 is 10.1 Å². The Morgan fingerprint density at radius 1 is 1.00 bits per heavy atom. The van der Waals surface area contributed by atoms with Gasteiger partial charge in [0, 0.05) is 16.5 Å². The van der Waals surface area contributed by atoms with Gasteiger partial charge in [-0.2, -0.15) is 18.2 Å². The van der Waals surface area contributed by atoms with Crippen LogP contribution in [0.25, 0.3) is 23.8 Å². The van der Waals surface area contributed by atoms with Crippen LogP contribution in [0.5, 0.6) is 5.75 Å². The summed E-state index contributed by atoms with van der Waals surface area (Å²) in [6.45, 7) is 7.54. The lowest BCUT2D eigenvalue weighted by Gasteiger charge is -2.08. The van der Waals surface area contributed by atoms with Crippen molar-refractivity contribution in [3.63, 3.8) is 0 Å². The SMILES string of the molecule is C=NC(Oc1cccc(-c2nc(Nc3cccc(C(F)(F)F)c3)n[nH]2)c1)=c1ccccc1=C. The zero-order valence-electron chi connectivity index (χ0n) is 17.2. The first-order chi connectivity index (χ1) is 15.8. The highest BCUT2D eigenvalue weighted by Gasteiger charge is 2.30. The van der Waals surface area contributed by atoms with E-state index in [4.69, 9.17) is 4.74 Å². The minimum absolute atomic E-state index is 0.127. The Balaban J connectivity index is 1.57. The third-order valence-corrected chi connectivity index (χ3v) is 4.64. The number of H-pyrrole nitrogens is 1. The molecule has 6 nitrogen and oxygen atoms in total. The van der Waals surface area contributed by atoms with Crippen LogP contribution >= 0.6 is 0 Å². The summed E-state index contributed by atoms with van der Waals surface area (Å²) < 4.78 is 44.7. The molecule has 0 aliphatic carbocycles. The van der Waals surface area contributed by atoms with Gasteiger partial charge in [0.2, 0.25) is 11.8 Å². The molecule has 0 radical (unpaired) electrons. The van der Waals surface area contributed by atoms with Crippen LogP contribution in [0.3, 0.4) is 0 Å². The van der Waals surface area contributed by atoms with Crippen LogP contribution in [0.4, 0.5) is 24.8 Å². The molecule has 3 aromatic carbocycles. The average Bonchev–Trinajstić information content (AvgIpc) is 3.26. The molecule has 1 heterocycles. The second kappa shape index (κ2) is 8.99. The number of hydrogen-bond acceptors (Lipinski definition) is 5. The molecule has 9 heteroatoms. The van der Waals surface area contributed by atoms with Crippen molar-refractivity contribution in [3.8, 4) is 17.1 Å². The van der Waals surface area contributed by atoms with Crippen molar-refractivity contribution < 1.29 is 17.9 Å². The maximum Gasteiger partial charge on any atom is 0.416 e. The Hall–Kier alpha value is -4.40. The van der Waals surface area contributed by atoms with Crippen LogP contribution in [0, 0.1) is 0 Å². The maximum atomic E-state index is 12.9. The van der Waals surface area contributed by atoms with Crippen molar-refractivity contribution in [1.29, 1.82) is 0 Å². The lowest BCUT2D eigenvalue weighted by molar-refractivity contribution is -0.137. The fourth-order valence-corrected chi connectivity index (χ4v) is 3.07. The Morgan fingerprint density at radius 3 is 2.55 bits per heavy atom. The first-order valence-corrected chi connectivity index (χ1v) is 9.73. The molecule has 33 heavy (non-hydrogen) atoms. The van der Waals surface area contributed by atoms with E-state index < -0.39 is 11.7 Å². The zero-order chi connectivity index (χ0) is 23.4. The molecule has 0 bridgehead atoms. The third-order valence-electron chi connectivity index (χ3n) is 4.64. The van der Waals surface area contributed by atoms with Crippen molar-refractivity contribution in [2.24, 2.45) is 4.99 Å². The molecule has 4 rings (SSSR count). The molecule has 0 fully saturated rings. The molecule has 0 unspecified atom stereocenters. The molecule has 4 aromatic rings. The van der Waals surface area contributed by atoms with Crippen molar-refractivity contribution in [2.75, 3.05) is 5.32 Å². The van der Waals surface area contributed by atoms with Gasteiger partial charge in [-0.3, -0.25) is 5.10 Å². The van der Waals surface area contributed by atoms with Gasteiger partial charge in [0.05, 0.1) is 5.56 Å². The van der Waals surface area contributed by atoms with E-state index in [-0.39, 0.29) is 11.6 Å². The van der Waals surface area contributed by atoms with Gasteiger partial charge in [-0.1, -0.05) is 43.0 Å². The summed E-state index contributed by atoms with van der Waals surface area (Å²) in [6.07, 6.45) is -4.44. The third kappa shape index (κ3) is 5.09. The van der Waals surface area contributed by atoms with Crippen molar-refractivity contribution in [1.82, 2.24) is 15.2 Å². The second-order valence-electron chi connectivity index (χ2n) is 6.96. The summed E-state index contributed by atoms with van der Waals surface area (Å²) in [7, 11) is 0. The van der Waals surface area contributed by atoms with E-state index in [1.165, 1.54) is 12.1 Å². The van der Waals surface area contributed by atoms with E-state index in [1.54, 1.807) is 24.3 Å². The molecule has 0 aliphatic heterocycles. The normalized spacial score (nSPS) is 12.2. The number of nitrogens with one attached hydrogen (secondary N) is 2. The first-order valence-electron chi connectivity index (χ1n) is 9.73. The number of aliphatic imine (C=N–C) groups is 1. The Bertz CT molecular complexity index is 1410. The molecule has 0 saturated carbocycles. The number of aromatic nitrogens is 3. The van der Waals surface area contributed by atoms with Gasteiger partial charge in [0.15, 0.2) is 5.82 Å². The number of ether oxygens (including phenoxy) is 1. The highest BCUT2D eigenvalue weighted by molar-refractivity contribution is 5.62. The van der Waals surface area contributed by atoms with Crippen LogP contribution in [0.15, 0.2) is 77.8 Å². The Kier molecular flexibility index (Phi) is 5.95. The van der Waals surface area contributed by atoms with Gasteiger partial charge in [0.1, 0.15) is 5.75 Å². The number of aromatic amines is 1. The van der Waals surface area contributed by atoms with Gasteiger partial charge >= 0.3 is 6.18 Å². The van der Waals surface area contributed by atoms with Gasteiger partial charge in [-0.15, -0.1) is 5.10 Å². The van der Waals surface area contributed by atoms with Crippen molar-refractivity contribution in [3.05, 3.63) is 88.8 Å². The van der Waals surface area contributed by atoms with Crippen molar-refractivity contribution in [2.45, 2.75) is 6.18 Å². The molecule has 1 aromatic heterocycles. The van der Waals surface area contributed by atoms with Crippen LogP contribution < -0.4 is 20.5 Å². The minimum atomic E-state index is -4.44. The quantitative estimate of drug-likeness (QED) is 0.426. The monoisotopic (exact) mass is 449 g/mol. The molecule has 0 aliphatic rings. The summed E-state index contributed by atoms with van der Waals surface area (Å²) in [4.78, 5) is 8.28. The van der Waals surface area contributed by atoms with E-state index in [1.807, 2.05) is 24.3 Å². The number of halogens is 3. The molecule has 0 spiro atoms. The molecule has 0 atom stereocenters. The van der Waals surface area contributed by atoms with E-state index in [2.05, 4.69) is 38.8 Å². The van der Waals surface area contributed by atoms with Gasteiger partial charge in [-0.25, -0.2) is 4.99 Å². The lowest BCUT2D eigenvalue weighted by Crippen LogP contribution is -2.26. The minimum Gasteiger partial charge on any atom is -0.438 e. The standard InChI is InChI=1S/C24H18F3N5O/c1-15-7-3-4-12-20(15)22(28-2)33-19-11-5-8-16(13-19)21-30-23(32-31-21)29-18-10-6-9-17(14-18)24(25,26)27/h3-14H,1-2H2,(H2,29,30,31,32). The molecule has 2 N–H and O–H groups in total. The number of hydrogen-bond donors (Lipinski definition) is 2. The summed E-state index contributed by atoms with van der Waals surface area (Å²) in [5.74, 6) is 1.33. The topological polar surface area (TPSA) is 75.2 Å². The lowest BCUT2D eigenvalue weighted by atomic mass is 10.2. The molecule has 166 valence electrons. The van der Waals surface area contributed by atoms with Crippen LogP contribution in [-0.2, 0) is 6.18 Å². The number of rotatable bonds is 6. The average molecular weight is 449 g/mol. The van der Waals surface area contributed by atoms with Gasteiger partial charge in [-0.05, 0) is 48.3 Å². The maximum absolute atomic E-state index is 12.9. The van der Waals surface area contributed by atoms with Gasteiger partial charge in [0.25, 0.3) is 0 Å². The van der Waals surface area contributed by atoms with Crippen LogP contribution in [-0.4, -0.2) is 21.9 Å². The van der Waals surface area contributed by atoms with E-state index in [9.17, 15) is 13.2 Å². The smallest absolute Gasteiger partial charge is 0.416 e. The molecular formula is C24H18F3N5O. The summed E-state index contributed by atoms with van der Waals surface area (Å²) >= 11 is 0. The highest BCUT2D eigenvalue weighted by atomic mass is 19.4. The fraction of sp³-hybridized carbons (Fsp3) is 0.0417. The fourth-order valence-electron chi connectivity index (χ4n) is 3.07. The van der Waals surface area contributed by atoms with E-state index in [0.717, 1.165) is 17.4 Å². The van der Waals surface area contributed by atoms with Crippen molar-refractivity contribution >= 4 is 30.8 Å². The number of alkyl halides is 3. The number of anilines is 2. The first kappa shape index (κ1) is 21.8. The van der Waals surface area contributed by atoms with Crippen LogP contribution in [0.2, 0.25) is 0 Å². The van der Waals surface area contributed by atoms with E-state index >= 15 is 0 Å². The highest BCUT2D eigenvalue weighted by Crippen LogP contribution is 2.31. The molecular weight excluding hydrogens is 431 g/mol. The Morgan fingerprint density at radius 2 is 1.79 bits per heavy atom. The predicted molar refractivity (Wildman–Crippen MR) is 121 cm³/mol. The summed E-state index contributed by atoms with van der Waals surface area (Å²) in [6, 6.07) is 19.2. The zero-order valence-corrected chi connectivity index (χ0v) is 17.2. The van der Waals surface area contributed by atoms with E-state index in [0.29, 0.717) is 28.2 Å². The largest absolute Gasteiger partial charge is 0.438 e. The Labute approximate surface area is 186 Å². The molecule has 0 amide bonds. The number of nitrogens with zero attached hydrogens (tertiary/aromatic N) is 3. The number of benzene rings is 3. The summed E-state index contributed by atoms with van der Waals surface area (Å²) in [5, 5.41) is 11.0.